The van der Waals surface area contributed by atoms with Crippen molar-refractivity contribution >= 4 is 17.1 Å². The maximum Gasteiger partial charge on any atom is 0.243 e. The van der Waals surface area contributed by atoms with E-state index in [0.717, 1.165) is 4.88 Å². The SMILES string of the molecule is COc1nccnc1C(=O)C(N)c1cccs1. The Morgan fingerprint density at radius 3 is 2.88 bits per heavy atom. The summed E-state index contributed by atoms with van der Waals surface area (Å²) in [5.41, 5.74) is 6.04. The highest BCUT2D eigenvalue weighted by molar-refractivity contribution is 7.10. The fourth-order valence-corrected chi connectivity index (χ4v) is 2.11. The van der Waals surface area contributed by atoms with Gasteiger partial charge in [-0.25, -0.2) is 9.97 Å². The first kappa shape index (κ1) is 11.7. The summed E-state index contributed by atoms with van der Waals surface area (Å²) in [7, 11) is 1.44. The molecule has 0 saturated heterocycles. The summed E-state index contributed by atoms with van der Waals surface area (Å²) in [6, 6.07) is 2.94. The molecule has 0 radical (unpaired) electrons. The van der Waals surface area contributed by atoms with E-state index in [4.69, 9.17) is 10.5 Å². The fraction of sp³-hybridized carbons (Fsp3) is 0.182. The molecule has 0 aromatic carbocycles. The zero-order valence-electron chi connectivity index (χ0n) is 9.16. The minimum absolute atomic E-state index is 0.163. The molecule has 17 heavy (non-hydrogen) atoms. The van der Waals surface area contributed by atoms with E-state index < -0.39 is 6.04 Å². The predicted molar refractivity (Wildman–Crippen MR) is 64.2 cm³/mol. The van der Waals surface area contributed by atoms with E-state index >= 15 is 0 Å². The maximum atomic E-state index is 12.1. The second kappa shape index (κ2) is 5.03. The molecule has 1 unspecified atom stereocenters. The lowest BCUT2D eigenvalue weighted by Gasteiger charge is -2.09. The largest absolute Gasteiger partial charge is 0.479 e. The van der Waals surface area contributed by atoms with Gasteiger partial charge in [0.1, 0.15) is 6.04 Å². The quantitative estimate of drug-likeness (QED) is 0.829. The van der Waals surface area contributed by atoms with Crippen molar-refractivity contribution in [2.75, 3.05) is 7.11 Å². The zero-order chi connectivity index (χ0) is 12.3. The van der Waals surface area contributed by atoms with Gasteiger partial charge in [0, 0.05) is 17.3 Å². The number of hydrogen-bond acceptors (Lipinski definition) is 6. The molecule has 2 N–H and O–H groups in total. The van der Waals surface area contributed by atoms with E-state index in [9.17, 15) is 4.79 Å². The molecular weight excluding hydrogens is 238 g/mol. The molecule has 0 fully saturated rings. The summed E-state index contributed by atoms with van der Waals surface area (Å²) >= 11 is 1.43. The topological polar surface area (TPSA) is 78.1 Å². The number of aromatic nitrogens is 2. The zero-order valence-corrected chi connectivity index (χ0v) is 9.98. The van der Waals surface area contributed by atoms with E-state index in [2.05, 4.69) is 9.97 Å². The highest BCUT2D eigenvalue weighted by Crippen LogP contribution is 2.22. The molecule has 0 bridgehead atoms. The van der Waals surface area contributed by atoms with Crippen LogP contribution in [0.2, 0.25) is 0 Å². The van der Waals surface area contributed by atoms with Crippen LogP contribution in [0, 0.1) is 0 Å². The van der Waals surface area contributed by atoms with Crippen molar-refractivity contribution in [2.45, 2.75) is 6.04 Å². The molecule has 0 saturated carbocycles. The highest BCUT2D eigenvalue weighted by Gasteiger charge is 2.23. The third-order valence-corrected chi connectivity index (χ3v) is 3.18. The molecule has 0 aliphatic rings. The normalized spacial score (nSPS) is 12.1. The van der Waals surface area contributed by atoms with Crippen molar-refractivity contribution < 1.29 is 9.53 Å². The molecule has 0 aliphatic carbocycles. The van der Waals surface area contributed by atoms with Crippen LogP contribution < -0.4 is 10.5 Å². The standard InChI is InChI=1S/C11H11N3O2S/c1-16-11-9(13-4-5-14-11)10(15)8(12)7-3-2-6-17-7/h2-6,8H,12H2,1H3. The van der Waals surface area contributed by atoms with E-state index in [1.165, 1.54) is 30.8 Å². The van der Waals surface area contributed by atoms with Crippen LogP contribution in [0.25, 0.3) is 0 Å². The predicted octanol–water partition coefficient (Wildman–Crippen LogP) is 1.43. The van der Waals surface area contributed by atoms with Gasteiger partial charge in [-0.15, -0.1) is 11.3 Å². The van der Waals surface area contributed by atoms with Crippen molar-refractivity contribution in [2.24, 2.45) is 5.73 Å². The summed E-state index contributed by atoms with van der Waals surface area (Å²) in [4.78, 5) is 20.8. The summed E-state index contributed by atoms with van der Waals surface area (Å²) in [5, 5.41) is 1.87. The molecular formula is C11H11N3O2S. The van der Waals surface area contributed by atoms with Gasteiger partial charge in [0.25, 0.3) is 0 Å². The maximum absolute atomic E-state index is 12.1. The number of hydrogen-bond donors (Lipinski definition) is 1. The highest BCUT2D eigenvalue weighted by atomic mass is 32.1. The van der Waals surface area contributed by atoms with E-state index in [0.29, 0.717) is 0 Å². The van der Waals surface area contributed by atoms with Crippen LogP contribution in [0.3, 0.4) is 0 Å². The number of Topliss-reactive ketones (excluding diaryl/α,β-unsaturated/α-hetero) is 1. The average molecular weight is 249 g/mol. The average Bonchev–Trinajstić information content (AvgIpc) is 2.90. The first-order chi connectivity index (χ1) is 8.24. The Labute approximate surface area is 102 Å². The minimum Gasteiger partial charge on any atom is -0.479 e. The third-order valence-electron chi connectivity index (χ3n) is 2.22. The van der Waals surface area contributed by atoms with E-state index in [1.54, 1.807) is 0 Å². The van der Waals surface area contributed by atoms with Crippen LogP contribution in [0.1, 0.15) is 21.4 Å². The van der Waals surface area contributed by atoms with Crippen molar-refractivity contribution in [3.63, 3.8) is 0 Å². The van der Waals surface area contributed by atoms with Gasteiger partial charge >= 0.3 is 0 Å². The van der Waals surface area contributed by atoms with Crippen LogP contribution in [0.4, 0.5) is 0 Å². The van der Waals surface area contributed by atoms with Crippen LogP contribution in [-0.2, 0) is 0 Å². The third kappa shape index (κ3) is 2.32. The van der Waals surface area contributed by atoms with Crippen LogP contribution >= 0.6 is 11.3 Å². The number of rotatable bonds is 4. The number of methoxy groups -OCH3 is 1. The van der Waals surface area contributed by atoms with Gasteiger partial charge in [-0.1, -0.05) is 6.07 Å². The Morgan fingerprint density at radius 2 is 2.24 bits per heavy atom. The fourth-order valence-electron chi connectivity index (χ4n) is 1.39. The Hall–Kier alpha value is -1.79. The molecule has 0 spiro atoms. The van der Waals surface area contributed by atoms with Crippen molar-refractivity contribution in [3.05, 3.63) is 40.5 Å². The van der Waals surface area contributed by atoms with E-state index in [1.807, 2.05) is 17.5 Å². The van der Waals surface area contributed by atoms with Gasteiger partial charge < -0.3 is 10.5 Å². The number of carbonyl (C=O) groups is 1. The van der Waals surface area contributed by atoms with Crippen molar-refractivity contribution in [1.29, 1.82) is 0 Å². The van der Waals surface area contributed by atoms with Crippen LogP contribution in [0.5, 0.6) is 5.88 Å². The van der Waals surface area contributed by atoms with Gasteiger partial charge in [-0.2, -0.15) is 0 Å². The molecule has 5 nitrogen and oxygen atoms in total. The second-order valence-corrected chi connectivity index (χ2v) is 4.25. The molecule has 0 amide bonds. The van der Waals surface area contributed by atoms with Crippen LogP contribution in [-0.4, -0.2) is 22.9 Å². The molecule has 0 aliphatic heterocycles. The smallest absolute Gasteiger partial charge is 0.243 e. The van der Waals surface area contributed by atoms with Gasteiger partial charge in [0.2, 0.25) is 11.7 Å². The lowest BCUT2D eigenvalue weighted by atomic mass is 10.1. The summed E-state index contributed by atoms with van der Waals surface area (Å²) in [6.45, 7) is 0. The summed E-state index contributed by atoms with van der Waals surface area (Å²) in [6.07, 6.45) is 2.91. The Balaban J connectivity index is 2.31. The van der Waals surface area contributed by atoms with E-state index in [-0.39, 0.29) is 17.4 Å². The number of ketones is 1. The minimum atomic E-state index is -0.722. The molecule has 1 atom stereocenters. The number of ether oxygens (including phenoxy) is 1. The molecule has 88 valence electrons. The van der Waals surface area contributed by atoms with Gasteiger partial charge in [0.15, 0.2) is 5.69 Å². The number of carbonyl (C=O) groups excluding carboxylic acids is 1. The first-order valence-corrected chi connectivity index (χ1v) is 5.80. The summed E-state index contributed by atoms with van der Waals surface area (Å²) < 4.78 is 4.99. The van der Waals surface area contributed by atoms with Gasteiger partial charge in [-0.05, 0) is 11.4 Å². The molecule has 2 aromatic heterocycles. The van der Waals surface area contributed by atoms with Gasteiger partial charge in [0.05, 0.1) is 7.11 Å². The molecule has 2 aromatic rings. The molecule has 6 heteroatoms. The second-order valence-electron chi connectivity index (χ2n) is 3.27. The van der Waals surface area contributed by atoms with Crippen LogP contribution in [0.15, 0.2) is 29.9 Å². The lowest BCUT2D eigenvalue weighted by Crippen LogP contribution is -2.22. The van der Waals surface area contributed by atoms with Gasteiger partial charge in [-0.3, -0.25) is 4.79 Å². The number of thiophene rings is 1. The Kier molecular flexibility index (Phi) is 3.46. The van der Waals surface area contributed by atoms with Crippen molar-refractivity contribution in [3.8, 4) is 5.88 Å². The Bertz CT molecular complexity index is 513. The molecule has 2 rings (SSSR count). The number of nitrogens with two attached hydrogens (primary N) is 1. The number of nitrogens with zero attached hydrogens (tertiary/aromatic N) is 2. The Morgan fingerprint density at radius 1 is 1.47 bits per heavy atom. The summed E-state index contributed by atoms with van der Waals surface area (Å²) in [5.74, 6) is -0.0955. The lowest BCUT2D eigenvalue weighted by molar-refractivity contribution is 0.0953. The van der Waals surface area contributed by atoms with Crippen molar-refractivity contribution in [1.82, 2.24) is 9.97 Å². The monoisotopic (exact) mass is 249 g/mol. The first-order valence-electron chi connectivity index (χ1n) is 4.92. The molecule has 2 heterocycles.